The zero-order valence-corrected chi connectivity index (χ0v) is 13.9. The topological polar surface area (TPSA) is 102 Å². The summed E-state index contributed by atoms with van der Waals surface area (Å²) in [6, 6.07) is 7.26. The third-order valence-corrected chi connectivity index (χ3v) is 4.18. The molecule has 1 aromatic carbocycles. The Morgan fingerprint density at radius 2 is 2.15 bits per heavy atom. The van der Waals surface area contributed by atoms with Crippen LogP contribution in [0.1, 0.15) is 15.9 Å². The van der Waals surface area contributed by atoms with Gasteiger partial charge in [0.05, 0.1) is 31.3 Å². The Hall–Kier alpha value is -3.04. The van der Waals surface area contributed by atoms with Gasteiger partial charge in [0.25, 0.3) is 5.56 Å². The zero-order chi connectivity index (χ0) is 17.9. The van der Waals surface area contributed by atoms with E-state index in [1.165, 1.54) is 12.5 Å². The molecule has 0 aliphatic carbocycles. The van der Waals surface area contributed by atoms with Crippen LogP contribution in [0.15, 0.2) is 41.6 Å². The zero-order valence-electron chi connectivity index (χ0n) is 13.9. The lowest BCUT2D eigenvalue weighted by molar-refractivity contribution is 0.0340. The minimum absolute atomic E-state index is 0.187. The van der Waals surface area contributed by atoms with Crippen molar-refractivity contribution in [3.63, 3.8) is 0 Å². The third-order valence-electron chi connectivity index (χ3n) is 4.18. The minimum atomic E-state index is -0.569. The van der Waals surface area contributed by atoms with E-state index in [2.05, 4.69) is 20.0 Å². The van der Waals surface area contributed by atoms with Crippen LogP contribution in [-0.2, 0) is 11.3 Å². The van der Waals surface area contributed by atoms with E-state index in [4.69, 9.17) is 9.57 Å². The number of benzene rings is 1. The van der Waals surface area contributed by atoms with Crippen molar-refractivity contribution in [2.45, 2.75) is 6.54 Å². The monoisotopic (exact) mass is 355 g/mol. The number of nitrogens with zero attached hydrogens (tertiary/aromatic N) is 4. The first kappa shape index (κ1) is 16.4. The molecule has 3 aromatic rings. The predicted octanol–water partition coefficient (Wildman–Crippen LogP) is 0.221. The summed E-state index contributed by atoms with van der Waals surface area (Å²) < 4.78 is 5.35. The van der Waals surface area contributed by atoms with Gasteiger partial charge in [-0.05, 0) is 17.7 Å². The van der Waals surface area contributed by atoms with Gasteiger partial charge in [0.1, 0.15) is 5.39 Å². The van der Waals surface area contributed by atoms with Crippen molar-refractivity contribution in [3.05, 3.63) is 58.3 Å². The summed E-state index contributed by atoms with van der Waals surface area (Å²) >= 11 is 0. The molecule has 134 valence electrons. The number of rotatable bonds is 4. The normalized spacial score (nSPS) is 15.2. The average molecular weight is 355 g/mol. The molecule has 9 nitrogen and oxygen atoms in total. The number of hydrogen-bond donors (Lipinski definition) is 1. The molecule has 1 aliphatic rings. The second-order valence-electron chi connectivity index (χ2n) is 5.95. The summed E-state index contributed by atoms with van der Waals surface area (Å²) in [5, 5.41) is 4.16. The van der Waals surface area contributed by atoms with E-state index in [9.17, 15) is 9.59 Å². The van der Waals surface area contributed by atoms with E-state index in [1.54, 1.807) is 12.1 Å². The molecule has 2 aromatic heterocycles. The van der Waals surface area contributed by atoms with Gasteiger partial charge in [-0.15, -0.1) is 5.10 Å². The molecule has 4 rings (SSSR count). The highest BCUT2D eigenvalue weighted by atomic mass is 16.7. The van der Waals surface area contributed by atoms with Crippen molar-refractivity contribution in [1.29, 1.82) is 0 Å². The van der Waals surface area contributed by atoms with Gasteiger partial charge in [0.15, 0.2) is 0 Å². The first-order valence-corrected chi connectivity index (χ1v) is 8.24. The fraction of sp³-hybridized carbons (Fsp3) is 0.294. The molecule has 1 N–H and O–H groups in total. The number of ether oxygens (including phenoxy) is 1. The quantitative estimate of drug-likeness (QED) is 0.714. The largest absolute Gasteiger partial charge is 0.379 e. The van der Waals surface area contributed by atoms with Crippen LogP contribution in [0.4, 0.5) is 0 Å². The Balaban J connectivity index is 1.51. The molecule has 26 heavy (non-hydrogen) atoms. The van der Waals surface area contributed by atoms with Crippen molar-refractivity contribution in [1.82, 2.24) is 24.8 Å². The summed E-state index contributed by atoms with van der Waals surface area (Å²) in [5.74, 6) is -0.569. The first-order valence-electron chi connectivity index (χ1n) is 8.24. The maximum atomic E-state index is 12.5. The van der Waals surface area contributed by atoms with Crippen LogP contribution < -0.4 is 10.4 Å². The highest BCUT2D eigenvalue weighted by molar-refractivity contribution is 5.90. The molecular weight excluding hydrogens is 338 g/mol. The van der Waals surface area contributed by atoms with Crippen molar-refractivity contribution >= 4 is 17.0 Å². The van der Waals surface area contributed by atoms with Gasteiger partial charge in [-0.3, -0.25) is 9.69 Å². The smallest absolute Gasteiger partial charge is 0.365 e. The summed E-state index contributed by atoms with van der Waals surface area (Å²) in [7, 11) is 0. The van der Waals surface area contributed by atoms with E-state index >= 15 is 0 Å². The van der Waals surface area contributed by atoms with Gasteiger partial charge >= 0.3 is 5.97 Å². The van der Waals surface area contributed by atoms with E-state index in [0.29, 0.717) is 5.56 Å². The fourth-order valence-electron chi connectivity index (χ4n) is 2.85. The van der Waals surface area contributed by atoms with E-state index in [-0.39, 0.29) is 16.6 Å². The molecule has 3 heterocycles. The van der Waals surface area contributed by atoms with Gasteiger partial charge in [-0.25, -0.2) is 9.78 Å². The molecule has 0 unspecified atom stereocenters. The molecule has 0 saturated carbocycles. The van der Waals surface area contributed by atoms with E-state index in [0.717, 1.165) is 43.3 Å². The highest BCUT2D eigenvalue weighted by Gasteiger charge is 2.15. The lowest BCUT2D eigenvalue weighted by Gasteiger charge is -2.26. The predicted molar refractivity (Wildman–Crippen MR) is 91.6 cm³/mol. The Kier molecular flexibility index (Phi) is 4.46. The van der Waals surface area contributed by atoms with E-state index < -0.39 is 5.97 Å². The molecule has 0 bridgehead atoms. The molecule has 0 atom stereocenters. The van der Waals surface area contributed by atoms with Gasteiger partial charge < -0.3 is 14.6 Å². The van der Waals surface area contributed by atoms with Crippen LogP contribution in [-0.4, -0.2) is 57.1 Å². The van der Waals surface area contributed by atoms with Gasteiger partial charge in [-0.1, -0.05) is 17.0 Å². The molecule has 0 spiro atoms. The molecule has 0 radical (unpaired) electrons. The number of H-pyrrole nitrogens is 1. The number of carbonyl (C=O) groups excluding carboxylic acids is 1. The van der Waals surface area contributed by atoms with Crippen molar-refractivity contribution in [3.8, 4) is 0 Å². The van der Waals surface area contributed by atoms with Crippen molar-refractivity contribution < 1.29 is 14.4 Å². The SMILES string of the molecule is O=C(On1ncc2c(=O)[nH]cnc21)c1cccc(CN2CCOCC2)c1. The van der Waals surface area contributed by atoms with Gasteiger partial charge in [0.2, 0.25) is 5.65 Å². The molecule has 1 saturated heterocycles. The molecular formula is C17H17N5O4. The molecule has 1 aliphatic heterocycles. The Bertz CT molecular complexity index is 990. The Morgan fingerprint density at radius 3 is 3.00 bits per heavy atom. The Morgan fingerprint density at radius 1 is 1.31 bits per heavy atom. The summed E-state index contributed by atoms with van der Waals surface area (Å²) in [4.78, 5) is 39.1. The van der Waals surface area contributed by atoms with Crippen LogP contribution in [0.2, 0.25) is 0 Å². The number of morpholine rings is 1. The maximum Gasteiger partial charge on any atom is 0.365 e. The standard InChI is InChI=1S/C17H17N5O4/c23-16-14-9-20-22(15(14)18-11-19-16)26-17(24)13-3-1-2-12(8-13)10-21-4-6-25-7-5-21/h1-3,8-9,11H,4-7,10H2,(H,18,19,23). The molecule has 1 fully saturated rings. The average Bonchev–Trinajstić information content (AvgIpc) is 3.07. The lowest BCUT2D eigenvalue weighted by Crippen LogP contribution is -2.35. The summed E-state index contributed by atoms with van der Waals surface area (Å²) in [6.07, 6.45) is 2.54. The fourth-order valence-corrected chi connectivity index (χ4v) is 2.85. The number of fused-ring (bicyclic) bond motifs is 1. The van der Waals surface area contributed by atoms with Crippen molar-refractivity contribution in [2.75, 3.05) is 26.3 Å². The lowest BCUT2D eigenvalue weighted by atomic mass is 10.1. The molecule has 9 heteroatoms. The van der Waals surface area contributed by atoms with Crippen LogP contribution in [0, 0.1) is 0 Å². The first-order chi connectivity index (χ1) is 12.7. The third kappa shape index (κ3) is 3.35. The van der Waals surface area contributed by atoms with Crippen LogP contribution >= 0.6 is 0 Å². The number of nitrogens with one attached hydrogen (secondary N) is 1. The Labute approximate surface area is 148 Å². The van der Waals surface area contributed by atoms with Crippen LogP contribution in [0.5, 0.6) is 0 Å². The second-order valence-corrected chi connectivity index (χ2v) is 5.95. The van der Waals surface area contributed by atoms with E-state index in [1.807, 2.05) is 12.1 Å². The highest BCUT2D eigenvalue weighted by Crippen LogP contribution is 2.11. The summed E-state index contributed by atoms with van der Waals surface area (Å²) in [5.41, 5.74) is 1.27. The maximum absolute atomic E-state index is 12.5. The number of aromatic amines is 1. The number of hydrogen-bond acceptors (Lipinski definition) is 7. The van der Waals surface area contributed by atoms with Crippen molar-refractivity contribution in [2.24, 2.45) is 0 Å². The number of carbonyl (C=O) groups is 1. The van der Waals surface area contributed by atoms with Crippen LogP contribution in [0.3, 0.4) is 0 Å². The summed E-state index contributed by atoms with van der Waals surface area (Å²) in [6.45, 7) is 3.93. The minimum Gasteiger partial charge on any atom is -0.379 e. The second kappa shape index (κ2) is 7.06. The number of aromatic nitrogens is 4. The molecule has 0 amide bonds. The van der Waals surface area contributed by atoms with Gasteiger partial charge in [-0.2, -0.15) is 0 Å². The van der Waals surface area contributed by atoms with Gasteiger partial charge in [0, 0.05) is 19.6 Å². The van der Waals surface area contributed by atoms with Crippen LogP contribution in [0.25, 0.3) is 11.0 Å².